The van der Waals surface area contributed by atoms with Gasteiger partial charge in [-0.1, -0.05) is 25.8 Å². The fraction of sp³-hybridized carbons (Fsp3) is 0.500. The number of nitrogens with two attached hydrogens (primary N) is 1. The molecular formula is C14H20F2N2O. The van der Waals surface area contributed by atoms with Gasteiger partial charge in [-0.15, -0.1) is 0 Å². The quantitative estimate of drug-likeness (QED) is 0.797. The molecule has 0 saturated carbocycles. The van der Waals surface area contributed by atoms with Crippen LogP contribution in [0.5, 0.6) is 0 Å². The van der Waals surface area contributed by atoms with Gasteiger partial charge in [0.2, 0.25) is 5.91 Å². The number of nitrogens with one attached hydrogen (secondary N) is 1. The van der Waals surface area contributed by atoms with E-state index in [1.807, 2.05) is 6.92 Å². The van der Waals surface area contributed by atoms with Crippen molar-refractivity contribution in [3.8, 4) is 0 Å². The van der Waals surface area contributed by atoms with Gasteiger partial charge in [0, 0.05) is 18.2 Å². The van der Waals surface area contributed by atoms with Crippen LogP contribution in [0.2, 0.25) is 0 Å². The number of carbonyl (C=O) groups excluding carboxylic acids is 1. The number of rotatable bonds is 7. The van der Waals surface area contributed by atoms with Crippen molar-refractivity contribution in [2.75, 3.05) is 6.54 Å². The van der Waals surface area contributed by atoms with Crippen LogP contribution in [0.25, 0.3) is 0 Å². The largest absolute Gasteiger partial charge is 0.352 e. The Morgan fingerprint density at radius 3 is 2.53 bits per heavy atom. The number of halogens is 2. The molecule has 0 bridgehead atoms. The van der Waals surface area contributed by atoms with Crippen LogP contribution >= 0.6 is 0 Å². The molecule has 0 aliphatic heterocycles. The number of unbranched alkanes of at least 4 members (excludes halogenated alkanes) is 1. The molecule has 0 aromatic heterocycles. The molecule has 19 heavy (non-hydrogen) atoms. The number of hydrogen-bond acceptors (Lipinski definition) is 2. The van der Waals surface area contributed by atoms with Crippen LogP contribution in [0, 0.1) is 11.6 Å². The molecule has 3 N–H and O–H groups in total. The number of hydrogen-bond donors (Lipinski definition) is 2. The van der Waals surface area contributed by atoms with Gasteiger partial charge in [-0.05, 0) is 18.6 Å². The van der Waals surface area contributed by atoms with Crippen LogP contribution in [0.1, 0.15) is 31.7 Å². The first kappa shape index (κ1) is 15.6. The Morgan fingerprint density at radius 1 is 1.37 bits per heavy atom. The van der Waals surface area contributed by atoms with E-state index in [0.717, 1.165) is 31.4 Å². The highest BCUT2D eigenvalue weighted by Gasteiger charge is 2.15. The number of carbonyl (C=O) groups is 1. The summed E-state index contributed by atoms with van der Waals surface area (Å²) >= 11 is 0. The maximum absolute atomic E-state index is 13.4. The monoisotopic (exact) mass is 270 g/mol. The summed E-state index contributed by atoms with van der Waals surface area (Å²) in [4.78, 5) is 11.7. The third-order valence-corrected chi connectivity index (χ3v) is 2.95. The first-order chi connectivity index (χ1) is 9.08. The summed E-state index contributed by atoms with van der Waals surface area (Å²) in [5.74, 6) is -1.81. The summed E-state index contributed by atoms with van der Waals surface area (Å²) < 4.78 is 26.8. The topological polar surface area (TPSA) is 55.1 Å². The third kappa shape index (κ3) is 4.95. The van der Waals surface area contributed by atoms with Crippen molar-refractivity contribution in [2.24, 2.45) is 5.73 Å². The first-order valence-corrected chi connectivity index (χ1v) is 6.50. The van der Waals surface area contributed by atoms with E-state index in [-0.39, 0.29) is 18.0 Å². The van der Waals surface area contributed by atoms with Gasteiger partial charge in [-0.25, -0.2) is 8.78 Å². The Kier molecular flexibility index (Phi) is 6.42. The molecule has 0 saturated heterocycles. The van der Waals surface area contributed by atoms with E-state index >= 15 is 0 Å². The van der Waals surface area contributed by atoms with Crippen LogP contribution in [-0.4, -0.2) is 18.5 Å². The summed E-state index contributed by atoms with van der Waals surface area (Å²) in [6.45, 7) is 2.37. The van der Waals surface area contributed by atoms with Crippen LogP contribution in [-0.2, 0) is 11.2 Å². The summed E-state index contributed by atoms with van der Waals surface area (Å²) in [5, 5.41) is 2.71. The first-order valence-electron chi connectivity index (χ1n) is 6.50. The maximum Gasteiger partial charge on any atom is 0.224 e. The van der Waals surface area contributed by atoms with E-state index in [1.54, 1.807) is 0 Å². The standard InChI is InChI=1S/C14H20F2N2O/c1-2-3-5-10(9-17)18-14(19)8-11-12(15)6-4-7-13(11)16/h4,6-7,10H,2-3,5,8-9,17H2,1H3,(H,18,19). The minimum atomic E-state index is -0.701. The second kappa shape index (κ2) is 7.84. The van der Waals surface area contributed by atoms with Crippen molar-refractivity contribution in [1.29, 1.82) is 0 Å². The molecule has 106 valence electrons. The Morgan fingerprint density at radius 2 is 2.00 bits per heavy atom. The van der Waals surface area contributed by atoms with Gasteiger partial charge in [-0.3, -0.25) is 4.79 Å². The molecule has 0 radical (unpaired) electrons. The summed E-state index contributed by atoms with van der Waals surface area (Å²) in [5.41, 5.74) is 5.35. The van der Waals surface area contributed by atoms with Gasteiger partial charge in [-0.2, -0.15) is 0 Å². The zero-order valence-electron chi connectivity index (χ0n) is 11.1. The SMILES string of the molecule is CCCCC(CN)NC(=O)Cc1c(F)cccc1F. The second-order valence-electron chi connectivity index (χ2n) is 4.52. The molecule has 0 fully saturated rings. The Balaban J connectivity index is 2.59. The van der Waals surface area contributed by atoms with Gasteiger partial charge in [0.1, 0.15) is 11.6 Å². The predicted molar refractivity (Wildman–Crippen MR) is 70.6 cm³/mol. The predicted octanol–water partition coefficient (Wildman–Crippen LogP) is 2.14. The molecule has 0 aliphatic carbocycles. The third-order valence-electron chi connectivity index (χ3n) is 2.95. The Bertz CT molecular complexity index is 404. The van der Waals surface area contributed by atoms with Gasteiger partial charge in [0.05, 0.1) is 6.42 Å². The van der Waals surface area contributed by atoms with Crippen molar-refractivity contribution in [3.63, 3.8) is 0 Å². The van der Waals surface area contributed by atoms with Gasteiger partial charge in [0.25, 0.3) is 0 Å². The number of benzene rings is 1. The van der Waals surface area contributed by atoms with E-state index in [1.165, 1.54) is 6.07 Å². The molecule has 1 unspecified atom stereocenters. The lowest BCUT2D eigenvalue weighted by Gasteiger charge is -2.16. The molecule has 0 spiro atoms. The minimum Gasteiger partial charge on any atom is -0.352 e. The Labute approximate surface area is 112 Å². The average Bonchev–Trinajstić information content (AvgIpc) is 2.39. The minimum absolute atomic E-state index is 0.137. The molecule has 1 amide bonds. The molecular weight excluding hydrogens is 250 g/mol. The van der Waals surface area contributed by atoms with Crippen molar-refractivity contribution in [1.82, 2.24) is 5.32 Å². The van der Waals surface area contributed by atoms with Crippen LogP contribution < -0.4 is 11.1 Å². The normalized spacial score (nSPS) is 12.2. The van der Waals surface area contributed by atoms with E-state index in [0.29, 0.717) is 6.54 Å². The Hall–Kier alpha value is -1.49. The zero-order valence-corrected chi connectivity index (χ0v) is 11.1. The molecule has 1 atom stereocenters. The van der Waals surface area contributed by atoms with Gasteiger partial charge < -0.3 is 11.1 Å². The highest BCUT2D eigenvalue weighted by molar-refractivity contribution is 5.79. The lowest BCUT2D eigenvalue weighted by atomic mass is 10.1. The lowest BCUT2D eigenvalue weighted by Crippen LogP contribution is -2.41. The summed E-state index contributed by atoms with van der Waals surface area (Å²) in [7, 11) is 0. The van der Waals surface area contributed by atoms with Crippen molar-refractivity contribution in [2.45, 2.75) is 38.6 Å². The van der Waals surface area contributed by atoms with Crippen LogP contribution in [0.4, 0.5) is 8.78 Å². The molecule has 0 heterocycles. The molecule has 5 heteroatoms. The van der Waals surface area contributed by atoms with Crippen molar-refractivity contribution >= 4 is 5.91 Å². The van der Waals surface area contributed by atoms with Crippen molar-refractivity contribution < 1.29 is 13.6 Å². The lowest BCUT2D eigenvalue weighted by molar-refractivity contribution is -0.121. The maximum atomic E-state index is 13.4. The molecule has 1 aromatic carbocycles. The van der Waals surface area contributed by atoms with Gasteiger partial charge >= 0.3 is 0 Å². The van der Waals surface area contributed by atoms with E-state index < -0.39 is 17.5 Å². The van der Waals surface area contributed by atoms with Crippen LogP contribution in [0.3, 0.4) is 0 Å². The summed E-state index contributed by atoms with van der Waals surface area (Å²) in [6, 6.07) is 3.42. The highest BCUT2D eigenvalue weighted by Crippen LogP contribution is 2.12. The van der Waals surface area contributed by atoms with E-state index in [9.17, 15) is 13.6 Å². The molecule has 1 rings (SSSR count). The molecule has 0 aliphatic rings. The number of amides is 1. The van der Waals surface area contributed by atoms with Gasteiger partial charge in [0.15, 0.2) is 0 Å². The fourth-order valence-electron chi connectivity index (χ4n) is 1.84. The molecule has 3 nitrogen and oxygen atoms in total. The molecule has 1 aromatic rings. The van der Waals surface area contributed by atoms with Crippen LogP contribution in [0.15, 0.2) is 18.2 Å². The second-order valence-corrected chi connectivity index (χ2v) is 4.52. The smallest absolute Gasteiger partial charge is 0.224 e. The van der Waals surface area contributed by atoms with E-state index in [2.05, 4.69) is 5.32 Å². The van der Waals surface area contributed by atoms with E-state index in [4.69, 9.17) is 5.73 Å². The zero-order chi connectivity index (χ0) is 14.3. The fourth-order valence-corrected chi connectivity index (χ4v) is 1.84. The highest BCUT2D eigenvalue weighted by atomic mass is 19.1. The summed E-state index contributed by atoms with van der Waals surface area (Å²) in [6.07, 6.45) is 2.43. The van der Waals surface area contributed by atoms with Crippen molar-refractivity contribution in [3.05, 3.63) is 35.4 Å². The average molecular weight is 270 g/mol.